The molecule has 1 amide bonds. The van der Waals surface area contributed by atoms with Gasteiger partial charge in [0.15, 0.2) is 0 Å². The highest BCUT2D eigenvalue weighted by Crippen LogP contribution is 2.02. The molecule has 0 bridgehead atoms. The molecule has 0 aliphatic carbocycles. The molecule has 90 valence electrons. The van der Waals surface area contributed by atoms with Crippen LogP contribution in [-0.2, 0) is 4.79 Å². The molecule has 0 saturated carbocycles. The number of rotatable bonds is 7. The normalized spacial score (nSPS) is 12.9. The summed E-state index contributed by atoms with van der Waals surface area (Å²) in [5, 5.41) is 0. The van der Waals surface area contributed by atoms with Crippen molar-refractivity contribution >= 4 is 5.91 Å². The highest BCUT2D eigenvalue weighted by Gasteiger charge is 2.18. The number of carbonyl (C=O) groups is 1. The van der Waals surface area contributed by atoms with Gasteiger partial charge in [0.1, 0.15) is 0 Å². The maximum atomic E-state index is 11.9. The molecule has 0 fully saturated rings. The Balaban J connectivity index is 4.18. The van der Waals surface area contributed by atoms with Crippen molar-refractivity contribution in [1.82, 2.24) is 9.80 Å². The minimum absolute atomic E-state index is 0.0567. The van der Waals surface area contributed by atoms with E-state index >= 15 is 0 Å². The van der Waals surface area contributed by atoms with E-state index in [1.165, 1.54) is 0 Å². The smallest absolute Gasteiger partial charge is 0.226 e. The Bertz CT molecular complexity index is 183. The first-order valence-electron chi connectivity index (χ1n) is 5.66. The summed E-state index contributed by atoms with van der Waals surface area (Å²) >= 11 is 0. The third-order valence-electron chi connectivity index (χ3n) is 2.40. The molecule has 0 saturated heterocycles. The Kier molecular flexibility index (Phi) is 7.34. The van der Waals surface area contributed by atoms with Crippen LogP contribution in [0.4, 0.5) is 0 Å². The van der Waals surface area contributed by atoms with E-state index < -0.39 is 0 Å². The lowest BCUT2D eigenvalue weighted by molar-refractivity contribution is -0.134. The van der Waals surface area contributed by atoms with Crippen LogP contribution in [-0.4, -0.2) is 56.0 Å². The van der Waals surface area contributed by atoms with Crippen molar-refractivity contribution in [3.63, 3.8) is 0 Å². The summed E-state index contributed by atoms with van der Waals surface area (Å²) < 4.78 is 0. The molecule has 0 heterocycles. The minimum Gasteiger partial charge on any atom is -0.341 e. The van der Waals surface area contributed by atoms with Gasteiger partial charge < -0.3 is 15.5 Å². The lowest BCUT2D eigenvalue weighted by Crippen LogP contribution is -2.41. The first-order valence-corrected chi connectivity index (χ1v) is 5.66. The summed E-state index contributed by atoms with van der Waals surface area (Å²) in [6.07, 6.45) is 0.996. The van der Waals surface area contributed by atoms with Gasteiger partial charge in [-0.25, -0.2) is 0 Å². The summed E-state index contributed by atoms with van der Waals surface area (Å²) in [6.45, 7) is 6.94. The predicted molar refractivity (Wildman–Crippen MR) is 63.6 cm³/mol. The second-order valence-electron chi connectivity index (χ2n) is 4.27. The average molecular weight is 215 g/mol. The number of nitrogens with two attached hydrogens (primary N) is 1. The van der Waals surface area contributed by atoms with Crippen molar-refractivity contribution in [2.24, 2.45) is 11.7 Å². The van der Waals surface area contributed by atoms with E-state index in [-0.39, 0.29) is 11.8 Å². The highest BCUT2D eigenvalue weighted by molar-refractivity contribution is 5.78. The van der Waals surface area contributed by atoms with Crippen molar-refractivity contribution in [1.29, 1.82) is 0 Å². The second kappa shape index (κ2) is 7.65. The molecule has 0 aromatic carbocycles. The number of hydrogen-bond acceptors (Lipinski definition) is 3. The van der Waals surface area contributed by atoms with Gasteiger partial charge in [-0.2, -0.15) is 0 Å². The summed E-state index contributed by atoms with van der Waals surface area (Å²) in [6, 6.07) is 0. The number of carbonyl (C=O) groups excluding carboxylic acids is 1. The van der Waals surface area contributed by atoms with Gasteiger partial charge in [-0.3, -0.25) is 4.79 Å². The quantitative estimate of drug-likeness (QED) is 0.668. The summed E-state index contributed by atoms with van der Waals surface area (Å²) in [5.41, 5.74) is 5.50. The monoisotopic (exact) mass is 215 g/mol. The zero-order valence-corrected chi connectivity index (χ0v) is 10.5. The maximum Gasteiger partial charge on any atom is 0.226 e. The first-order chi connectivity index (χ1) is 7.02. The topological polar surface area (TPSA) is 49.6 Å². The van der Waals surface area contributed by atoms with Crippen LogP contribution in [0.5, 0.6) is 0 Å². The maximum absolute atomic E-state index is 11.9. The third-order valence-corrected chi connectivity index (χ3v) is 2.40. The molecule has 2 N–H and O–H groups in total. The molecule has 1 unspecified atom stereocenters. The minimum atomic E-state index is -0.0567. The van der Waals surface area contributed by atoms with Crippen LogP contribution in [0.1, 0.15) is 20.3 Å². The Hall–Kier alpha value is -0.610. The summed E-state index contributed by atoms with van der Waals surface area (Å²) in [7, 11) is 4.03. The van der Waals surface area contributed by atoms with Crippen molar-refractivity contribution in [2.75, 3.05) is 40.3 Å². The van der Waals surface area contributed by atoms with Gasteiger partial charge in [0.05, 0.1) is 0 Å². The Morgan fingerprint density at radius 1 is 1.27 bits per heavy atom. The first kappa shape index (κ1) is 14.4. The number of amides is 1. The molecule has 0 aromatic rings. The van der Waals surface area contributed by atoms with Gasteiger partial charge >= 0.3 is 0 Å². The largest absolute Gasteiger partial charge is 0.341 e. The third kappa shape index (κ3) is 5.74. The van der Waals surface area contributed by atoms with Crippen LogP contribution in [0.15, 0.2) is 0 Å². The van der Waals surface area contributed by atoms with Crippen LogP contribution in [0.25, 0.3) is 0 Å². The zero-order chi connectivity index (χ0) is 11.8. The molecule has 0 aliphatic rings. The molecule has 4 nitrogen and oxygen atoms in total. The van der Waals surface area contributed by atoms with Crippen LogP contribution >= 0.6 is 0 Å². The van der Waals surface area contributed by atoms with Gasteiger partial charge in [0.25, 0.3) is 0 Å². The highest BCUT2D eigenvalue weighted by atomic mass is 16.2. The average Bonchev–Trinajstić information content (AvgIpc) is 2.21. The van der Waals surface area contributed by atoms with E-state index in [1.54, 1.807) is 0 Å². The summed E-state index contributed by atoms with van der Waals surface area (Å²) in [5.74, 6) is 0.125. The fourth-order valence-electron chi connectivity index (χ4n) is 1.34. The van der Waals surface area contributed by atoms with Crippen LogP contribution in [0, 0.1) is 5.92 Å². The molecular formula is C11H25N3O. The zero-order valence-electron chi connectivity index (χ0n) is 10.5. The molecule has 0 aliphatic heterocycles. The standard InChI is InChI=1S/C11H25N3O/c1-5-6-14(8-7-13(3)4)11(15)10(2)9-12/h10H,5-9,12H2,1-4H3. The molecular weight excluding hydrogens is 190 g/mol. The van der Waals surface area contributed by atoms with Crippen molar-refractivity contribution < 1.29 is 4.79 Å². The molecule has 15 heavy (non-hydrogen) atoms. The van der Waals surface area contributed by atoms with Crippen LogP contribution < -0.4 is 5.73 Å². The fourth-order valence-corrected chi connectivity index (χ4v) is 1.34. The van der Waals surface area contributed by atoms with E-state index in [2.05, 4.69) is 11.8 Å². The van der Waals surface area contributed by atoms with Gasteiger partial charge in [-0.05, 0) is 20.5 Å². The molecule has 0 aromatic heterocycles. The Morgan fingerprint density at radius 3 is 2.27 bits per heavy atom. The van der Waals surface area contributed by atoms with Crippen molar-refractivity contribution in [3.05, 3.63) is 0 Å². The Morgan fingerprint density at radius 2 is 1.87 bits per heavy atom. The molecule has 0 spiro atoms. The lowest BCUT2D eigenvalue weighted by Gasteiger charge is -2.26. The van der Waals surface area contributed by atoms with Gasteiger partial charge in [0.2, 0.25) is 5.91 Å². The summed E-state index contributed by atoms with van der Waals surface area (Å²) in [4.78, 5) is 15.9. The van der Waals surface area contributed by atoms with E-state index in [0.717, 1.165) is 26.1 Å². The van der Waals surface area contributed by atoms with E-state index in [0.29, 0.717) is 6.54 Å². The molecule has 4 heteroatoms. The second-order valence-corrected chi connectivity index (χ2v) is 4.27. The molecule has 1 atom stereocenters. The predicted octanol–water partition coefficient (Wildman–Crippen LogP) is 0.381. The van der Waals surface area contributed by atoms with Crippen LogP contribution in [0.2, 0.25) is 0 Å². The van der Waals surface area contributed by atoms with Crippen LogP contribution in [0.3, 0.4) is 0 Å². The fraction of sp³-hybridized carbons (Fsp3) is 0.909. The van der Waals surface area contributed by atoms with Crippen molar-refractivity contribution in [3.8, 4) is 0 Å². The van der Waals surface area contributed by atoms with E-state index in [4.69, 9.17) is 5.73 Å². The lowest BCUT2D eigenvalue weighted by atomic mass is 10.1. The van der Waals surface area contributed by atoms with Gasteiger partial charge in [-0.1, -0.05) is 13.8 Å². The number of nitrogens with zero attached hydrogens (tertiary/aromatic N) is 2. The number of hydrogen-bond donors (Lipinski definition) is 1. The molecule has 0 radical (unpaired) electrons. The Labute approximate surface area is 93.4 Å². The van der Waals surface area contributed by atoms with Gasteiger partial charge in [0, 0.05) is 32.1 Å². The molecule has 0 rings (SSSR count). The number of likely N-dealkylation sites (N-methyl/N-ethyl adjacent to an activating group) is 1. The van der Waals surface area contributed by atoms with Crippen molar-refractivity contribution in [2.45, 2.75) is 20.3 Å². The van der Waals surface area contributed by atoms with E-state index in [9.17, 15) is 4.79 Å². The van der Waals surface area contributed by atoms with Gasteiger partial charge in [-0.15, -0.1) is 0 Å². The van der Waals surface area contributed by atoms with E-state index in [1.807, 2.05) is 25.9 Å². The SMILES string of the molecule is CCCN(CCN(C)C)C(=O)C(C)CN.